The maximum Gasteiger partial charge on any atom is 0.228 e. The Kier molecular flexibility index (Phi) is 7.21. The number of fused-ring (bicyclic) bond motifs is 1. The minimum absolute atomic E-state index is 0.129. The van der Waals surface area contributed by atoms with Crippen molar-refractivity contribution in [3.8, 4) is 5.75 Å². The minimum Gasteiger partial charge on any atom is -0.496 e. The van der Waals surface area contributed by atoms with Gasteiger partial charge in [0.2, 0.25) is 11.8 Å². The van der Waals surface area contributed by atoms with Gasteiger partial charge in [-0.15, -0.1) is 0 Å². The molecule has 176 valence electrons. The summed E-state index contributed by atoms with van der Waals surface area (Å²) in [5, 5.41) is 0. The van der Waals surface area contributed by atoms with Crippen LogP contribution in [-0.2, 0) is 16.1 Å². The van der Waals surface area contributed by atoms with Crippen molar-refractivity contribution in [2.45, 2.75) is 45.2 Å². The number of methoxy groups -OCH3 is 1. The van der Waals surface area contributed by atoms with Gasteiger partial charge in [0, 0.05) is 50.9 Å². The van der Waals surface area contributed by atoms with Crippen LogP contribution in [0.2, 0.25) is 0 Å². The van der Waals surface area contributed by atoms with Gasteiger partial charge in [-0.05, 0) is 30.5 Å². The van der Waals surface area contributed by atoms with E-state index in [4.69, 9.17) is 4.74 Å². The van der Waals surface area contributed by atoms with Crippen LogP contribution in [0.15, 0.2) is 48.5 Å². The van der Waals surface area contributed by atoms with Gasteiger partial charge in [-0.2, -0.15) is 0 Å². The Labute approximate surface area is 197 Å². The fourth-order valence-corrected chi connectivity index (χ4v) is 5.21. The van der Waals surface area contributed by atoms with Crippen molar-refractivity contribution in [3.63, 3.8) is 0 Å². The fraction of sp³-hybridized carbons (Fsp3) is 0.481. The van der Waals surface area contributed by atoms with Gasteiger partial charge in [-0.1, -0.05) is 49.7 Å². The number of ether oxygens (including phenoxy) is 1. The second-order valence-electron chi connectivity index (χ2n) is 9.08. The van der Waals surface area contributed by atoms with Gasteiger partial charge >= 0.3 is 0 Å². The standard InChI is InChI=1S/C27H35N3O3/c1-4-5-16-30-25(31)15-14-22(26(30)21-11-7-9-13-24(21)33-3)27(32)29-18-17-28(2)23-12-8-6-10-20(23)19-29/h6-13,22,26H,4-5,14-19H2,1-3H3. The molecule has 0 aromatic heterocycles. The van der Waals surface area contributed by atoms with Crippen LogP contribution in [0.1, 0.15) is 49.8 Å². The molecule has 33 heavy (non-hydrogen) atoms. The van der Waals surface area contributed by atoms with Crippen LogP contribution in [-0.4, -0.2) is 55.4 Å². The lowest BCUT2D eigenvalue weighted by molar-refractivity contribution is -0.148. The van der Waals surface area contributed by atoms with E-state index in [9.17, 15) is 9.59 Å². The zero-order valence-corrected chi connectivity index (χ0v) is 20.0. The third-order valence-corrected chi connectivity index (χ3v) is 7.01. The maximum absolute atomic E-state index is 14.1. The summed E-state index contributed by atoms with van der Waals surface area (Å²) in [4.78, 5) is 33.2. The Hall–Kier alpha value is -3.02. The van der Waals surface area contributed by atoms with E-state index in [1.54, 1.807) is 7.11 Å². The van der Waals surface area contributed by atoms with Crippen LogP contribution < -0.4 is 9.64 Å². The molecule has 0 saturated carbocycles. The minimum atomic E-state index is -0.308. The van der Waals surface area contributed by atoms with Crippen molar-refractivity contribution in [2.75, 3.05) is 38.7 Å². The SMILES string of the molecule is CCCCN1C(=O)CCC(C(=O)N2CCN(C)c3ccccc3C2)C1c1ccccc1OC. The third-order valence-electron chi connectivity index (χ3n) is 7.01. The predicted octanol–water partition coefficient (Wildman–Crippen LogP) is 4.25. The van der Waals surface area contributed by atoms with E-state index in [0.717, 1.165) is 36.3 Å². The van der Waals surface area contributed by atoms with Crippen molar-refractivity contribution in [1.82, 2.24) is 9.80 Å². The van der Waals surface area contributed by atoms with Crippen molar-refractivity contribution in [3.05, 3.63) is 59.7 Å². The smallest absolute Gasteiger partial charge is 0.228 e. The lowest BCUT2D eigenvalue weighted by Crippen LogP contribution is -2.49. The summed E-state index contributed by atoms with van der Waals surface area (Å²) in [5.74, 6) is 0.707. The first-order chi connectivity index (χ1) is 16.0. The number of para-hydroxylation sites is 2. The first-order valence-corrected chi connectivity index (χ1v) is 12.0. The number of likely N-dealkylation sites (N-methyl/N-ethyl adjacent to an activating group) is 1. The molecule has 1 fully saturated rings. The number of likely N-dealkylation sites (tertiary alicyclic amines) is 1. The summed E-state index contributed by atoms with van der Waals surface area (Å²) in [6, 6.07) is 15.8. The highest BCUT2D eigenvalue weighted by atomic mass is 16.5. The molecule has 2 heterocycles. The molecule has 0 spiro atoms. The zero-order chi connectivity index (χ0) is 23.4. The fourth-order valence-electron chi connectivity index (χ4n) is 5.21. The van der Waals surface area contributed by atoms with Gasteiger partial charge in [0.1, 0.15) is 5.75 Å². The molecule has 2 unspecified atom stereocenters. The summed E-state index contributed by atoms with van der Waals surface area (Å²) >= 11 is 0. The number of hydrogen-bond donors (Lipinski definition) is 0. The highest BCUT2D eigenvalue weighted by Crippen LogP contribution is 2.42. The molecule has 2 aliphatic heterocycles. The number of amides is 2. The highest BCUT2D eigenvalue weighted by Gasteiger charge is 2.43. The van der Waals surface area contributed by atoms with Gasteiger partial charge in [0.15, 0.2) is 0 Å². The zero-order valence-electron chi connectivity index (χ0n) is 20.0. The molecule has 2 aromatic carbocycles. The molecule has 6 heteroatoms. The van der Waals surface area contributed by atoms with Crippen LogP contribution in [0.5, 0.6) is 5.75 Å². The van der Waals surface area contributed by atoms with Crippen molar-refractivity contribution in [1.29, 1.82) is 0 Å². The molecule has 6 nitrogen and oxygen atoms in total. The summed E-state index contributed by atoms with van der Waals surface area (Å²) in [6.07, 6.45) is 2.89. The Bertz CT molecular complexity index is 992. The van der Waals surface area contributed by atoms with Crippen LogP contribution in [0.25, 0.3) is 0 Å². The molecule has 0 N–H and O–H groups in total. The Morgan fingerprint density at radius 2 is 1.85 bits per heavy atom. The highest BCUT2D eigenvalue weighted by molar-refractivity contribution is 5.85. The third kappa shape index (κ3) is 4.70. The van der Waals surface area contributed by atoms with Gasteiger partial charge in [-0.3, -0.25) is 9.59 Å². The second kappa shape index (κ2) is 10.3. The lowest BCUT2D eigenvalue weighted by atomic mass is 9.82. The van der Waals surface area contributed by atoms with E-state index in [0.29, 0.717) is 32.5 Å². The summed E-state index contributed by atoms with van der Waals surface area (Å²) in [6.45, 7) is 4.83. The Morgan fingerprint density at radius 1 is 1.09 bits per heavy atom. The van der Waals surface area contributed by atoms with Gasteiger partial charge in [0.05, 0.1) is 19.1 Å². The second-order valence-corrected chi connectivity index (χ2v) is 9.08. The largest absolute Gasteiger partial charge is 0.496 e. The van der Waals surface area contributed by atoms with Crippen LogP contribution in [0.3, 0.4) is 0 Å². The average molecular weight is 450 g/mol. The molecular formula is C27H35N3O3. The lowest BCUT2D eigenvalue weighted by Gasteiger charge is -2.42. The normalized spacial score (nSPS) is 20.9. The monoisotopic (exact) mass is 449 g/mol. The molecule has 0 bridgehead atoms. The van der Waals surface area contributed by atoms with Gasteiger partial charge in [0.25, 0.3) is 0 Å². The van der Waals surface area contributed by atoms with Crippen molar-refractivity contribution >= 4 is 17.5 Å². The van der Waals surface area contributed by atoms with Gasteiger partial charge < -0.3 is 19.4 Å². The number of piperidine rings is 1. The van der Waals surface area contributed by atoms with E-state index in [-0.39, 0.29) is 23.8 Å². The number of hydrogen-bond acceptors (Lipinski definition) is 4. The first-order valence-electron chi connectivity index (χ1n) is 12.0. The van der Waals surface area contributed by atoms with E-state index in [1.807, 2.05) is 46.2 Å². The summed E-state index contributed by atoms with van der Waals surface area (Å²) in [5.41, 5.74) is 3.27. The predicted molar refractivity (Wildman–Crippen MR) is 130 cm³/mol. The van der Waals surface area contributed by atoms with Crippen LogP contribution in [0, 0.1) is 5.92 Å². The van der Waals surface area contributed by atoms with Crippen LogP contribution in [0.4, 0.5) is 5.69 Å². The van der Waals surface area contributed by atoms with E-state index in [1.165, 1.54) is 5.69 Å². The van der Waals surface area contributed by atoms with E-state index >= 15 is 0 Å². The number of nitrogens with zero attached hydrogens (tertiary/aromatic N) is 3. The molecule has 2 atom stereocenters. The van der Waals surface area contributed by atoms with Crippen molar-refractivity contribution in [2.24, 2.45) is 5.92 Å². The molecule has 2 amide bonds. The molecule has 2 aromatic rings. The number of carbonyl (C=O) groups is 2. The number of rotatable bonds is 6. The molecule has 1 saturated heterocycles. The number of unbranched alkanes of at least 4 members (excludes halogenated alkanes) is 1. The topological polar surface area (TPSA) is 53.1 Å². The van der Waals surface area contributed by atoms with E-state index in [2.05, 4.69) is 31.0 Å². The van der Waals surface area contributed by atoms with Crippen molar-refractivity contribution < 1.29 is 14.3 Å². The number of carbonyl (C=O) groups excluding carboxylic acids is 2. The summed E-state index contributed by atoms with van der Waals surface area (Å²) in [7, 11) is 3.73. The molecule has 0 radical (unpaired) electrons. The maximum atomic E-state index is 14.1. The van der Waals surface area contributed by atoms with Gasteiger partial charge in [-0.25, -0.2) is 0 Å². The summed E-state index contributed by atoms with van der Waals surface area (Å²) < 4.78 is 5.67. The molecule has 4 rings (SSSR count). The Morgan fingerprint density at radius 3 is 2.64 bits per heavy atom. The number of benzene rings is 2. The average Bonchev–Trinajstić information content (AvgIpc) is 3.01. The number of anilines is 1. The quantitative estimate of drug-likeness (QED) is 0.662. The van der Waals surface area contributed by atoms with E-state index < -0.39 is 0 Å². The molecule has 2 aliphatic rings. The van der Waals surface area contributed by atoms with Crippen LogP contribution >= 0.6 is 0 Å². The Balaban J connectivity index is 1.69. The molecule has 0 aliphatic carbocycles. The first kappa shape index (κ1) is 23.1. The molecular weight excluding hydrogens is 414 g/mol.